The van der Waals surface area contributed by atoms with Gasteiger partial charge in [-0.3, -0.25) is 0 Å². The van der Waals surface area contributed by atoms with Crippen LogP contribution >= 0.6 is 0 Å². The lowest BCUT2D eigenvalue weighted by molar-refractivity contribution is 0.0235. The number of nitrogens with two attached hydrogens (primary N) is 1. The average Bonchev–Trinajstić information content (AvgIpc) is 2.61. The van der Waals surface area contributed by atoms with Crippen LogP contribution in [0.1, 0.15) is 19.8 Å². The predicted molar refractivity (Wildman–Crippen MR) is 54.4 cm³/mol. The first-order valence-corrected chi connectivity index (χ1v) is 4.99. The van der Waals surface area contributed by atoms with Gasteiger partial charge in [0.25, 0.3) is 6.29 Å². The van der Waals surface area contributed by atoms with E-state index in [-0.39, 0.29) is 12.3 Å². The fraction of sp³-hybridized carbons (Fsp3) is 0.455. The van der Waals surface area contributed by atoms with E-state index in [9.17, 15) is 0 Å². The van der Waals surface area contributed by atoms with Crippen molar-refractivity contribution in [1.82, 2.24) is 0 Å². The summed E-state index contributed by atoms with van der Waals surface area (Å²) in [5.41, 5.74) is 5.92. The molecule has 0 radical (unpaired) electrons. The molecular weight excluding hydrogens is 178 g/mol. The maximum absolute atomic E-state index is 5.92. The van der Waals surface area contributed by atoms with Gasteiger partial charge in [-0.25, -0.2) is 0 Å². The second-order valence-electron chi connectivity index (χ2n) is 3.50. The van der Waals surface area contributed by atoms with Crippen molar-refractivity contribution in [2.75, 3.05) is 0 Å². The van der Waals surface area contributed by atoms with Crippen molar-refractivity contribution < 1.29 is 9.47 Å². The minimum Gasteiger partial charge on any atom is -0.449 e. The summed E-state index contributed by atoms with van der Waals surface area (Å²) in [6.45, 7) is 2.10. The van der Waals surface area contributed by atoms with E-state index in [0.717, 1.165) is 24.3 Å². The lowest BCUT2D eigenvalue weighted by Crippen LogP contribution is -2.40. The van der Waals surface area contributed by atoms with E-state index in [2.05, 4.69) is 6.92 Å². The molecule has 1 aromatic rings. The first-order valence-electron chi connectivity index (χ1n) is 4.99. The van der Waals surface area contributed by atoms with E-state index >= 15 is 0 Å². The fourth-order valence-corrected chi connectivity index (χ4v) is 1.56. The molecule has 1 atom stereocenters. The third-order valence-corrected chi connectivity index (χ3v) is 2.31. The number of hydrogen-bond acceptors (Lipinski definition) is 3. The first-order chi connectivity index (χ1) is 6.81. The SMILES string of the molecule is CCCC(N)C1Oc2ccccc2O1. The summed E-state index contributed by atoms with van der Waals surface area (Å²) in [6.07, 6.45) is 1.65. The molecule has 1 aromatic carbocycles. The molecule has 2 N–H and O–H groups in total. The van der Waals surface area contributed by atoms with E-state index in [0.29, 0.717) is 0 Å². The van der Waals surface area contributed by atoms with Crippen molar-refractivity contribution in [3.05, 3.63) is 24.3 Å². The Kier molecular flexibility index (Phi) is 2.59. The molecule has 0 saturated heterocycles. The van der Waals surface area contributed by atoms with Crippen LogP contribution in [-0.4, -0.2) is 12.3 Å². The quantitative estimate of drug-likeness (QED) is 0.797. The molecule has 0 saturated carbocycles. The highest BCUT2D eigenvalue weighted by Crippen LogP contribution is 2.34. The number of para-hydroxylation sites is 2. The zero-order valence-electron chi connectivity index (χ0n) is 8.27. The maximum atomic E-state index is 5.92. The molecule has 1 heterocycles. The average molecular weight is 193 g/mol. The maximum Gasteiger partial charge on any atom is 0.256 e. The van der Waals surface area contributed by atoms with Crippen LogP contribution in [0.25, 0.3) is 0 Å². The summed E-state index contributed by atoms with van der Waals surface area (Å²) in [5.74, 6) is 1.59. The molecule has 0 aromatic heterocycles. The number of benzene rings is 1. The summed E-state index contributed by atoms with van der Waals surface area (Å²) in [6, 6.07) is 7.60. The smallest absolute Gasteiger partial charge is 0.256 e. The molecule has 1 aliphatic rings. The Morgan fingerprint density at radius 2 is 1.86 bits per heavy atom. The molecule has 1 unspecified atom stereocenters. The summed E-state index contributed by atoms with van der Waals surface area (Å²) < 4.78 is 11.1. The third kappa shape index (κ3) is 1.68. The number of hydrogen-bond donors (Lipinski definition) is 1. The molecule has 76 valence electrons. The molecule has 0 amide bonds. The molecule has 3 nitrogen and oxygen atoms in total. The fourth-order valence-electron chi connectivity index (χ4n) is 1.56. The van der Waals surface area contributed by atoms with Crippen LogP contribution in [0.2, 0.25) is 0 Å². The first kappa shape index (κ1) is 9.34. The van der Waals surface area contributed by atoms with Gasteiger partial charge in [-0.15, -0.1) is 0 Å². The standard InChI is InChI=1S/C11H15NO2/c1-2-5-8(12)11-13-9-6-3-4-7-10(9)14-11/h3-4,6-8,11H,2,5,12H2,1H3. The summed E-state index contributed by atoms with van der Waals surface area (Å²) >= 11 is 0. The van der Waals surface area contributed by atoms with Gasteiger partial charge in [-0.2, -0.15) is 0 Å². The van der Waals surface area contributed by atoms with Gasteiger partial charge in [0.1, 0.15) is 0 Å². The van der Waals surface area contributed by atoms with E-state index in [1.807, 2.05) is 24.3 Å². The van der Waals surface area contributed by atoms with E-state index in [1.54, 1.807) is 0 Å². The highest BCUT2D eigenvalue weighted by Gasteiger charge is 2.28. The number of rotatable bonds is 3. The Morgan fingerprint density at radius 1 is 1.29 bits per heavy atom. The van der Waals surface area contributed by atoms with Gasteiger partial charge in [-0.1, -0.05) is 25.5 Å². The molecule has 3 heteroatoms. The lowest BCUT2D eigenvalue weighted by atomic mass is 10.2. The molecular formula is C11H15NO2. The Bertz CT molecular complexity index is 289. The van der Waals surface area contributed by atoms with Crippen LogP contribution < -0.4 is 15.2 Å². The van der Waals surface area contributed by atoms with Crippen molar-refractivity contribution in [3.63, 3.8) is 0 Å². The molecule has 0 spiro atoms. The zero-order chi connectivity index (χ0) is 9.97. The van der Waals surface area contributed by atoms with Gasteiger partial charge in [0, 0.05) is 0 Å². The van der Waals surface area contributed by atoms with Gasteiger partial charge in [0.15, 0.2) is 11.5 Å². The van der Waals surface area contributed by atoms with E-state index in [1.165, 1.54) is 0 Å². The van der Waals surface area contributed by atoms with Crippen molar-refractivity contribution in [1.29, 1.82) is 0 Å². The van der Waals surface area contributed by atoms with Gasteiger partial charge < -0.3 is 15.2 Å². The number of ether oxygens (including phenoxy) is 2. The Balaban J connectivity index is 2.04. The number of fused-ring (bicyclic) bond motifs is 1. The third-order valence-electron chi connectivity index (χ3n) is 2.31. The summed E-state index contributed by atoms with van der Waals surface area (Å²) in [7, 11) is 0. The van der Waals surface area contributed by atoms with Crippen molar-refractivity contribution in [3.8, 4) is 11.5 Å². The lowest BCUT2D eigenvalue weighted by Gasteiger charge is -2.17. The monoisotopic (exact) mass is 193 g/mol. The minimum absolute atomic E-state index is 0.0487. The summed E-state index contributed by atoms with van der Waals surface area (Å²) in [4.78, 5) is 0. The van der Waals surface area contributed by atoms with Crippen LogP contribution in [0.3, 0.4) is 0 Å². The van der Waals surface area contributed by atoms with Crippen LogP contribution in [0.4, 0.5) is 0 Å². The van der Waals surface area contributed by atoms with Gasteiger partial charge in [0.05, 0.1) is 6.04 Å². The van der Waals surface area contributed by atoms with Gasteiger partial charge in [0.2, 0.25) is 0 Å². The topological polar surface area (TPSA) is 44.5 Å². The molecule has 1 aliphatic heterocycles. The Hall–Kier alpha value is -1.22. The van der Waals surface area contributed by atoms with E-state index < -0.39 is 0 Å². The summed E-state index contributed by atoms with van der Waals surface area (Å²) in [5, 5.41) is 0. The highest BCUT2D eigenvalue weighted by molar-refractivity contribution is 5.41. The van der Waals surface area contributed by atoms with Crippen LogP contribution in [-0.2, 0) is 0 Å². The van der Waals surface area contributed by atoms with Crippen LogP contribution in [0.5, 0.6) is 11.5 Å². The Labute approximate surface area is 83.8 Å². The van der Waals surface area contributed by atoms with Crippen molar-refractivity contribution >= 4 is 0 Å². The van der Waals surface area contributed by atoms with Crippen molar-refractivity contribution in [2.45, 2.75) is 32.1 Å². The molecule has 14 heavy (non-hydrogen) atoms. The second kappa shape index (κ2) is 3.88. The zero-order valence-corrected chi connectivity index (χ0v) is 8.27. The molecule has 0 fully saturated rings. The van der Waals surface area contributed by atoms with Gasteiger partial charge >= 0.3 is 0 Å². The molecule has 0 bridgehead atoms. The molecule has 2 rings (SSSR count). The second-order valence-corrected chi connectivity index (χ2v) is 3.50. The largest absolute Gasteiger partial charge is 0.449 e. The Morgan fingerprint density at radius 3 is 2.36 bits per heavy atom. The van der Waals surface area contributed by atoms with Crippen LogP contribution in [0, 0.1) is 0 Å². The molecule has 0 aliphatic carbocycles. The van der Waals surface area contributed by atoms with Gasteiger partial charge in [-0.05, 0) is 18.6 Å². The van der Waals surface area contributed by atoms with E-state index in [4.69, 9.17) is 15.2 Å². The normalized spacial score (nSPS) is 17.0. The minimum atomic E-state index is -0.313. The highest BCUT2D eigenvalue weighted by atomic mass is 16.7. The van der Waals surface area contributed by atoms with Crippen LogP contribution in [0.15, 0.2) is 24.3 Å². The van der Waals surface area contributed by atoms with Crippen molar-refractivity contribution in [2.24, 2.45) is 5.73 Å². The predicted octanol–water partition coefficient (Wildman–Crippen LogP) is 1.91.